The number of aromatic nitrogens is 2. The van der Waals surface area contributed by atoms with Gasteiger partial charge in [0, 0.05) is 33.5 Å². The van der Waals surface area contributed by atoms with Crippen LogP contribution in [0.4, 0.5) is 8.78 Å². The van der Waals surface area contributed by atoms with E-state index in [0.29, 0.717) is 40.1 Å². The molecule has 0 amide bonds. The second-order valence-electron chi connectivity index (χ2n) is 8.86. The summed E-state index contributed by atoms with van der Waals surface area (Å²) in [7, 11) is 1.49. The quantitative estimate of drug-likeness (QED) is 0.620. The van der Waals surface area contributed by atoms with Crippen molar-refractivity contribution >= 4 is 18.1 Å². The fourth-order valence-electron chi connectivity index (χ4n) is 5.06. The van der Waals surface area contributed by atoms with Gasteiger partial charge in [-0.05, 0) is 60.9 Å². The molecule has 1 aromatic carbocycles. The number of carboxylic acid groups (broad SMARTS) is 1. The first-order chi connectivity index (χ1) is 15.9. The summed E-state index contributed by atoms with van der Waals surface area (Å²) in [6.07, 6.45) is 7.69. The Bertz CT molecular complexity index is 1380. The number of hydrogen-bond acceptors (Lipinski definition) is 3. The number of carbonyl (C=O) groups is 1. The Morgan fingerprint density at radius 3 is 2.79 bits per heavy atom. The molecule has 1 N–H and O–H groups in total. The van der Waals surface area contributed by atoms with Crippen LogP contribution in [-0.4, -0.2) is 27.7 Å². The van der Waals surface area contributed by atoms with Gasteiger partial charge in [0.15, 0.2) is 0 Å². The van der Waals surface area contributed by atoms with Crippen LogP contribution >= 0.6 is 0 Å². The summed E-state index contributed by atoms with van der Waals surface area (Å²) in [5.41, 5.74) is 1.15. The molecular weight excluding hydrogens is 426 g/mol. The molecule has 0 bridgehead atoms. The molecule has 1 unspecified atom stereocenters. The van der Waals surface area contributed by atoms with Gasteiger partial charge in [-0.25, -0.2) is 18.6 Å². The van der Waals surface area contributed by atoms with E-state index in [-0.39, 0.29) is 17.8 Å². The SMILES string of the molecule is COc1ncccc1-c1c(C(=O)O)n(Cc2cc(F)ccc2F)c2c1=C[C@@H](C1C[C@H]1C)CC=2. The van der Waals surface area contributed by atoms with Crippen LogP contribution in [0.15, 0.2) is 36.5 Å². The molecule has 0 spiro atoms. The summed E-state index contributed by atoms with van der Waals surface area (Å²) in [4.78, 5) is 16.8. The van der Waals surface area contributed by atoms with Gasteiger partial charge in [-0.2, -0.15) is 0 Å². The summed E-state index contributed by atoms with van der Waals surface area (Å²) < 4.78 is 35.4. The number of carboxylic acids is 1. The van der Waals surface area contributed by atoms with Crippen molar-refractivity contribution in [1.82, 2.24) is 9.55 Å². The average Bonchev–Trinajstić information content (AvgIpc) is 3.45. The van der Waals surface area contributed by atoms with Crippen LogP contribution in [0.25, 0.3) is 23.3 Å². The van der Waals surface area contributed by atoms with E-state index < -0.39 is 17.6 Å². The standard InChI is InChI=1S/C26H24F2N2O3/c1-14-10-19(14)15-5-8-22-20(12-15)23(18-4-3-9-29-25(18)33-2)24(26(31)32)30(22)13-16-11-17(27)6-7-21(16)28/h3-4,6-9,11-12,14-15,19H,5,10,13H2,1-2H3,(H,31,32)/t14-,15+,19?/m1/s1. The Balaban J connectivity index is 1.80. The van der Waals surface area contributed by atoms with Gasteiger partial charge in [0.05, 0.1) is 13.7 Å². The molecule has 0 radical (unpaired) electrons. The fraction of sp³-hybridized carbons (Fsp3) is 0.308. The number of pyridine rings is 1. The molecule has 2 heterocycles. The molecule has 1 saturated carbocycles. The first kappa shape index (κ1) is 21.4. The third-order valence-corrected chi connectivity index (χ3v) is 6.80. The first-order valence-electron chi connectivity index (χ1n) is 11.0. The normalized spacial score (nSPS) is 21.0. The molecule has 0 aliphatic heterocycles. The van der Waals surface area contributed by atoms with E-state index in [9.17, 15) is 18.7 Å². The lowest BCUT2D eigenvalue weighted by Gasteiger charge is -2.14. The summed E-state index contributed by atoms with van der Waals surface area (Å²) >= 11 is 0. The number of halogens is 2. The smallest absolute Gasteiger partial charge is 0.353 e. The molecule has 170 valence electrons. The maximum absolute atomic E-state index is 14.5. The topological polar surface area (TPSA) is 64.3 Å². The highest BCUT2D eigenvalue weighted by Crippen LogP contribution is 2.46. The van der Waals surface area contributed by atoms with Gasteiger partial charge in [0.1, 0.15) is 17.3 Å². The molecule has 2 aromatic heterocycles. The van der Waals surface area contributed by atoms with E-state index in [0.717, 1.165) is 36.3 Å². The Kier molecular flexibility index (Phi) is 5.27. The molecule has 5 nitrogen and oxygen atoms in total. The zero-order valence-electron chi connectivity index (χ0n) is 18.4. The van der Waals surface area contributed by atoms with Gasteiger partial charge in [-0.15, -0.1) is 0 Å². The zero-order chi connectivity index (χ0) is 23.3. The maximum atomic E-state index is 14.5. The molecule has 33 heavy (non-hydrogen) atoms. The molecule has 3 atom stereocenters. The molecule has 2 aliphatic rings. The van der Waals surface area contributed by atoms with Crippen molar-refractivity contribution < 1.29 is 23.4 Å². The minimum atomic E-state index is -1.15. The predicted molar refractivity (Wildman–Crippen MR) is 120 cm³/mol. The second-order valence-corrected chi connectivity index (χ2v) is 8.86. The minimum Gasteiger partial charge on any atom is -0.481 e. The molecule has 7 heteroatoms. The summed E-state index contributed by atoms with van der Waals surface area (Å²) in [6, 6.07) is 6.73. The molecule has 0 saturated heterocycles. The number of ether oxygens (including phenoxy) is 1. The number of rotatable bonds is 6. The van der Waals surface area contributed by atoms with E-state index in [4.69, 9.17) is 4.74 Å². The number of aromatic carboxylic acids is 1. The van der Waals surface area contributed by atoms with Crippen LogP contribution in [0.5, 0.6) is 5.88 Å². The Hall–Kier alpha value is -3.48. The van der Waals surface area contributed by atoms with Gasteiger partial charge in [0.2, 0.25) is 5.88 Å². The molecule has 5 rings (SSSR count). The fourth-order valence-corrected chi connectivity index (χ4v) is 5.06. The van der Waals surface area contributed by atoms with E-state index in [1.54, 1.807) is 22.9 Å². The van der Waals surface area contributed by atoms with Crippen LogP contribution in [-0.2, 0) is 6.54 Å². The van der Waals surface area contributed by atoms with Crippen molar-refractivity contribution in [1.29, 1.82) is 0 Å². The largest absolute Gasteiger partial charge is 0.481 e. The van der Waals surface area contributed by atoms with Crippen molar-refractivity contribution in [3.8, 4) is 17.0 Å². The molecule has 1 fully saturated rings. The van der Waals surface area contributed by atoms with Crippen LogP contribution < -0.4 is 15.3 Å². The summed E-state index contributed by atoms with van der Waals surface area (Å²) in [6.45, 7) is 2.12. The molecule has 2 aliphatic carbocycles. The third kappa shape index (κ3) is 3.71. The molecular formula is C26H24F2N2O3. The number of benzene rings is 1. The number of fused-ring (bicyclic) bond motifs is 1. The third-order valence-electron chi connectivity index (χ3n) is 6.80. The van der Waals surface area contributed by atoms with Crippen molar-refractivity contribution in [2.24, 2.45) is 17.8 Å². The average molecular weight is 450 g/mol. The lowest BCUT2D eigenvalue weighted by Crippen LogP contribution is -2.34. The zero-order valence-corrected chi connectivity index (χ0v) is 18.4. The van der Waals surface area contributed by atoms with Crippen LogP contribution in [0.2, 0.25) is 0 Å². The van der Waals surface area contributed by atoms with E-state index >= 15 is 0 Å². The Morgan fingerprint density at radius 1 is 1.30 bits per heavy atom. The van der Waals surface area contributed by atoms with Gasteiger partial charge in [-0.1, -0.05) is 19.1 Å². The van der Waals surface area contributed by atoms with Crippen LogP contribution in [0.3, 0.4) is 0 Å². The van der Waals surface area contributed by atoms with Crippen LogP contribution in [0, 0.1) is 29.4 Å². The van der Waals surface area contributed by atoms with Crippen molar-refractivity contribution in [2.75, 3.05) is 7.11 Å². The Labute approximate surface area is 189 Å². The predicted octanol–water partition coefficient (Wildman–Crippen LogP) is 3.82. The van der Waals surface area contributed by atoms with Gasteiger partial charge in [0.25, 0.3) is 0 Å². The highest BCUT2D eigenvalue weighted by Gasteiger charge is 2.39. The maximum Gasteiger partial charge on any atom is 0.353 e. The first-order valence-corrected chi connectivity index (χ1v) is 11.0. The highest BCUT2D eigenvalue weighted by molar-refractivity contribution is 5.96. The molecule has 3 aromatic rings. The van der Waals surface area contributed by atoms with Gasteiger partial charge >= 0.3 is 5.97 Å². The van der Waals surface area contributed by atoms with E-state index in [1.807, 2.05) is 6.08 Å². The minimum absolute atomic E-state index is 0.00644. The number of hydrogen-bond donors (Lipinski definition) is 1. The van der Waals surface area contributed by atoms with Crippen molar-refractivity contribution in [3.05, 3.63) is 70.0 Å². The number of methoxy groups -OCH3 is 1. The highest BCUT2D eigenvalue weighted by atomic mass is 19.1. The van der Waals surface area contributed by atoms with Gasteiger partial charge < -0.3 is 14.4 Å². The lowest BCUT2D eigenvalue weighted by atomic mass is 9.92. The second kappa shape index (κ2) is 8.14. The number of nitrogens with zero attached hydrogens (tertiary/aromatic N) is 2. The Morgan fingerprint density at radius 2 is 2.09 bits per heavy atom. The van der Waals surface area contributed by atoms with Crippen LogP contribution in [0.1, 0.15) is 35.8 Å². The summed E-state index contributed by atoms with van der Waals surface area (Å²) in [5, 5.41) is 11.8. The summed E-state index contributed by atoms with van der Waals surface area (Å²) in [5.74, 6) is -0.489. The van der Waals surface area contributed by atoms with E-state index in [2.05, 4.69) is 18.0 Å². The lowest BCUT2D eigenvalue weighted by molar-refractivity contribution is 0.0686. The van der Waals surface area contributed by atoms with Gasteiger partial charge in [-0.3, -0.25) is 0 Å². The van der Waals surface area contributed by atoms with Crippen molar-refractivity contribution in [2.45, 2.75) is 26.3 Å². The van der Waals surface area contributed by atoms with Crippen molar-refractivity contribution in [3.63, 3.8) is 0 Å². The van der Waals surface area contributed by atoms with E-state index in [1.165, 1.54) is 7.11 Å². The monoisotopic (exact) mass is 450 g/mol.